The molecular weight excluding hydrogens is 452 g/mol. The number of nitrogens with one attached hydrogen (secondary N) is 1. The zero-order valence-corrected chi connectivity index (χ0v) is 19.4. The van der Waals surface area contributed by atoms with Crippen molar-refractivity contribution in [3.63, 3.8) is 0 Å². The number of halogens is 1. The lowest BCUT2D eigenvalue weighted by Crippen LogP contribution is -2.50. The first-order chi connectivity index (χ1) is 15.0. The van der Waals surface area contributed by atoms with Gasteiger partial charge in [0.05, 0.1) is 6.42 Å². The summed E-state index contributed by atoms with van der Waals surface area (Å²) in [5.74, 6) is -0.246. The van der Waals surface area contributed by atoms with Crippen LogP contribution in [0.5, 0.6) is 0 Å². The van der Waals surface area contributed by atoms with Gasteiger partial charge in [-0.05, 0) is 35.7 Å². The SMILES string of the molecule is CNC(=O)[C@@H](Cc1ccccc1)N(Cc1cccc(Br)c1)C(=O)Cc1ccc(C)cc1. The van der Waals surface area contributed by atoms with Crippen molar-refractivity contribution in [2.75, 3.05) is 7.05 Å². The molecule has 0 unspecified atom stereocenters. The Morgan fingerprint density at radius 2 is 1.58 bits per heavy atom. The van der Waals surface area contributed by atoms with Crippen LogP contribution in [0.1, 0.15) is 22.3 Å². The van der Waals surface area contributed by atoms with Crippen LogP contribution in [0.3, 0.4) is 0 Å². The van der Waals surface area contributed by atoms with Gasteiger partial charge in [-0.15, -0.1) is 0 Å². The molecule has 3 rings (SSSR count). The van der Waals surface area contributed by atoms with E-state index in [1.54, 1.807) is 11.9 Å². The highest BCUT2D eigenvalue weighted by Crippen LogP contribution is 2.19. The predicted molar refractivity (Wildman–Crippen MR) is 128 cm³/mol. The van der Waals surface area contributed by atoms with E-state index in [0.717, 1.165) is 26.7 Å². The van der Waals surface area contributed by atoms with Gasteiger partial charge >= 0.3 is 0 Å². The Kier molecular flexibility index (Phi) is 8.01. The molecular formula is C26H27BrN2O2. The molecule has 31 heavy (non-hydrogen) atoms. The quantitative estimate of drug-likeness (QED) is 0.510. The maximum absolute atomic E-state index is 13.5. The van der Waals surface area contributed by atoms with Crippen LogP contribution in [0.15, 0.2) is 83.3 Å². The molecule has 5 heteroatoms. The Bertz CT molecular complexity index is 1020. The molecule has 0 saturated heterocycles. The summed E-state index contributed by atoms with van der Waals surface area (Å²) >= 11 is 3.50. The number of nitrogens with zero attached hydrogens (tertiary/aromatic N) is 1. The van der Waals surface area contributed by atoms with Crippen molar-refractivity contribution in [1.82, 2.24) is 10.2 Å². The van der Waals surface area contributed by atoms with Gasteiger partial charge in [0.15, 0.2) is 0 Å². The van der Waals surface area contributed by atoms with Gasteiger partial charge in [-0.2, -0.15) is 0 Å². The molecule has 0 aromatic heterocycles. The Morgan fingerprint density at radius 1 is 0.903 bits per heavy atom. The molecule has 1 N–H and O–H groups in total. The fraction of sp³-hybridized carbons (Fsp3) is 0.231. The van der Waals surface area contributed by atoms with E-state index in [1.807, 2.05) is 85.8 Å². The van der Waals surface area contributed by atoms with Gasteiger partial charge in [0, 0.05) is 24.5 Å². The molecule has 0 fully saturated rings. The Hall–Kier alpha value is -2.92. The van der Waals surface area contributed by atoms with Crippen LogP contribution >= 0.6 is 15.9 Å². The lowest BCUT2D eigenvalue weighted by molar-refractivity contribution is -0.140. The van der Waals surface area contributed by atoms with Crippen LogP contribution in [0.25, 0.3) is 0 Å². The average Bonchev–Trinajstić information content (AvgIpc) is 2.78. The molecule has 0 radical (unpaired) electrons. The summed E-state index contributed by atoms with van der Waals surface area (Å²) in [5.41, 5.74) is 4.06. The fourth-order valence-corrected chi connectivity index (χ4v) is 3.98. The number of likely N-dealkylation sites (N-methyl/N-ethyl adjacent to an activating group) is 1. The summed E-state index contributed by atoms with van der Waals surface area (Å²) in [7, 11) is 1.61. The standard InChI is InChI=1S/C26H27BrN2O2/c1-19-11-13-21(14-12-19)17-25(30)29(18-22-9-6-10-23(27)15-22)24(26(31)28-2)16-20-7-4-3-5-8-20/h3-15,24H,16-18H2,1-2H3,(H,28,31)/t24-/m1/s1. The summed E-state index contributed by atoms with van der Waals surface area (Å²) in [6.45, 7) is 2.38. The minimum absolute atomic E-state index is 0.0756. The minimum atomic E-state index is -0.607. The van der Waals surface area contributed by atoms with E-state index in [4.69, 9.17) is 0 Å². The van der Waals surface area contributed by atoms with E-state index < -0.39 is 6.04 Å². The first kappa shape index (κ1) is 22.8. The fourth-order valence-electron chi connectivity index (χ4n) is 3.53. The molecule has 4 nitrogen and oxygen atoms in total. The first-order valence-corrected chi connectivity index (χ1v) is 11.1. The van der Waals surface area contributed by atoms with Crippen molar-refractivity contribution in [2.45, 2.75) is 32.4 Å². The molecule has 0 spiro atoms. The Labute approximate surface area is 192 Å². The number of hydrogen-bond acceptors (Lipinski definition) is 2. The molecule has 1 atom stereocenters. The third-order valence-corrected chi connectivity index (χ3v) is 5.73. The summed E-state index contributed by atoms with van der Waals surface area (Å²) in [6.07, 6.45) is 0.699. The molecule has 3 aromatic rings. The van der Waals surface area contributed by atoms with Crippen LogP contribution in [0.2, 0.25) is 0 Å². The number of carbonyl (C=O) groups excluding carboxylic acids is 2. The smallest absolute Gasteiger partial charge is 0.242 e. The lowest BCUT2D eigenvalue weighted by Gasteiger charge is -2.31. The molecule has 0 bridgehead atoms. The Balaban J connectivity index is 1.93. The number of aryl methyl sites for hydroxylation is 1. The zero-order valence-electron chi connectivity index (χ0n) is 17.8. The van der Waals surface area contributed by atoms with Crippen molar-refractivity contribution in [3.05, 3.63) is 106 Å². The molecule has 0 aliphatic carbocycles. The molecule has 0 saturated carbocycles. The van der Waals surface area contributed by atoms with Crippen molar-refractivity contribution >= 4 is 27.7 Å². The highest BCUT2D eigenvalue weighted by Gasteiger charge is 2.29. The van der Waals surface area contributed by atoms with Crippen molar-refractivity contribution in [2.24, 2.45) is 0 Å². The van der Waals surface area contributed by atoms with Crippen molar-refractivity contribution in [1.29, 1.82) is 0 Å². The minimum Gasteiger partial charge on any atom is -0.357 e. The molecule has 160 valence electrons. The number of amides is 2. The summed E-state index contributed by atoms with van der Waals surface area (Å²) in [5, 5.41) is 2.75. The topological polar surface area (TPSA) is 49.4 Å². The van der Waals surface area contributed by atoms with Gasteiger partial charge in [0.1, 0.15) is 6.04 Å². The van der Waals surface area contributed by atoms with Gasteiger partial charge in [-0.25, -0.2) is 0 Å². The number of hydrogen-bond donors (Lipinski definition) is 1. The maximum Gasteiger partial charge on any atom is 0.242 e. The van der Waals surface area contributed by atoms with Gasteiger partial charge in [-0.1, -0.05) is 88.2 Å². The zero-order chi connectivity index (χ0) is 22.2. The van der Waals surface area contributed by atoms with E-state index in [0.29, 0.717) is 13.0 Å². The van der Waals surface area contributed by atoms with E-state index in [-0.39, 0.29) is 18.2 Å². The van der Waals surface area contributed by atoms with Crippen LogP contribution in [-0.4, -0.2) is 29.8 Å². The molecule has 0 heterocycles. The molecule has 3 aromatic carbocycles. The highest BCUT2D eigenvalue weighted by atomic mass is 79.9. The second kappa shape index (κ2) is 10.9. The lowest BCUT2D eigenvalue weighted by atomic mass is 10.0. The van der Waals surface area contributed by atoms with E-state index in [9.17, 15) is 9.59 Å². The summed E-state index contributed by atoms with van der Waals surface area (Å²) < 4.78 is 0.940. The maximum atomic E-state index is 13.5. The second-order valence-electron chi connectivity index (χ2n) is 7.63. The largest absolute Gasteiger partial charge is 0.357 e. The number of rotatable bonds is 8. The van der Waals surface area contributed by atoms with Crippen molar-refractivity contribution < 1.29 is 9.59 Å². The van der Waals surface area contributed by atoms with Gasteiger partial charge in [0.25, 0.3) is 0 Å². The monoisotopic (exact) mass is 478 g/mol. The van der Waals surface area contributed by atoms with E-state index in [1.165, 1.54) is 0 Å². The predicted octanol–water partition coefficient (Wildman–Crippen LogP) is 4.69. The molecule has 2 amide bonds. The third-order valence-electron chi connectivity index (χ3n) is 5.24. The van der Waals surface area contributed by atoms with Crippen molar-refractivity contribution in [3.8, 4) is 0 Å². The van der Waals surface area contributed by atoms with E-state index >= 15 is 0 Å². The van der Waals surface area contributed by atoms with Gasteiger partial charge < -0.3 is 10.2 Å². The summed E-state index contributed by atoms with van der Waals surface area (Å²) in [4.78, 5) is 28.1. The van der Waals surface area contributed by atoms with E-state index in [2.05, 4.69) is 21.2 Å². The average molecular weight is 479 g/mol. The second-order valence-corrected chi connectivity index (χ2v) is 8.55. The summed E-state index contributed by atoms with van der Waals surface area (Å²) in [6, 6.07) is 25.0. The normalized spacial score (nSPS) is 11.6. The van der Waals surface area contributed by atoms with Crippen LogP contribution in [0.4, 0.5) is 0 Å². The highest BCUT2D eigenvalue weighted by molar-refractivity contribution is 9.10. The molecule has 0 aliphatic rings. The van der Waals surface area contributed by atoms with Crippen LogP contribution in [-0.2, 0) is 29.0 Å². The number of carbonyl (C=O) groups is 2. The first-order valence-electron chi connectivity index (χ1n) is 10.3. The van der Waals surface area contributed by atoms with Gasteiger partial charge in [0.2, 0.25) is 11.8 Å². The van der Waals surface area contributed by atoms with Crippen LogP contribution in [0, 0.1) is 6.92 Å². The number of benzene rings is 3. The van der Waals surface area contributed by atoms with Gasteiger partial charge in [-0.3, -0.25) is 9.59 Å². The third kappa shape index (κ3) is 6.53. The Morgan fingerprint density at radius 3 is 2.23 bits per heavy atom. The molecule has 0 aliphatic heterocycles. The van der Waals surface area contributed by atoms with Crippen LogP contribution < -0.4 is 5.32 Å².